The molecule has 0 bridgehead atoms. The first kappa shape index (κ1) is 44.3. The van der Waals surface area contributed by atoms with Gasteiger partial charge in [0.25, 0.3) is 5.91 Å². The van der Waals surface area contributed by atoms with Crippen LogP contribution in [0.1, 0.15) is 80.9 Å². The monoisotopic (exact) mass is 896 g/mol. The van der Waals surface area contributed by atoms with Gasteiger partial charge < -0.3 is 49.3 Å². The standard InChI is InChI=1S/C50H56N8O8/c1-7-28(3)42(55-49(61)64-5)47(59)57-23-27(2)17-39(57)45-51-22-38(53-45)32-13-15-34-33(19-32)26-66-41-21-35-31(20-36(34)41)14-16-37-44(35)54-46(52-37)40-18-29(25-63-4)24-58(40)48(60)43(56-50(62)65-6)30-11-9-8-10-12-30/h8-16,19-22,27-29,39-40,42-43H,7,17-18,23-26H2,1-6H3,(H,51,53)(H,52,54)(H,55,61)(H,56,62)/t27-,28?,29-,39?,40-,42-,43+/m0/s1. The number of nitrogens with zero attached hydrogens (tertiary/aromatic N) is 4. The molecule has 5 heterocycles. The molecule has 2 unspecified atom stereocenters. The average Bonchev–Trinajstić information content (AvgIpc) is 4.17. The maximum atomic E-state index is 14.4. The molecule has 4 N–H and O–H groups in total. The minimum atomic E-state index is -0.956. The summed E-state index contributed by atoms with van der Waals surface area (Å²) in [5.41, 5.74) is 7.11. The van der Waals surface area contributed by atoms with Crippen LogP contribution in [0.25, 0.3) is 44.2 Å². The van der Waals surface area contributed by atoms with Crippen LogP contribution in [-0.4, -0.2) is 101 Å². The summed E-state index contributed by atoms with van der Waals surface area (Å²) in [5.74, 6) is 1.94. The lowest BCUT2D eigenvalue weighted by atomic mass is 9.92. The number of nitrogens with one attached hydrogen (secondary N) is 4. The van der Waals surface area contributed by atoms with Gasteiger partial charge in [0.2, 0.25) is 5.91 Å². The number of carbonyl (C=O) groups excluding carboxylic acids is 4. The Morgan fingerprint density at radius 3 is 2.36 bits per heavy atom. The second-order valence-electron chi connectivity index (χ2n) is 17.9. The third-order valence-corrected chi connectivity index (χ3v) is 13.5. The number of amides is 4. The number of aromatic amines is 2. The minimum absolute atomic E-state index is 0.0579. The predicted molar refractivity (Wildman–Crippen MR) is 247 cm³/mol. The summed E-state index contributed by atoms with van der Waals surface area (Å²) in [5, 5.41) is 7.47. The van der Waals surface area contributed by atoms with E-state index >= 15 is 0 Å². The maximum Gasteiger partial charge on any atom is 0.407 e. The summed E-state index contributed by atoms with van der Waals surface area (Å²) in [7, 11) is 4.23. The largest absolute Gasteiger partial charge is 0.488 e. The fourth-order valence-corrected chi connectivity index (χ4v) is 9.94. The smallest absolute Gasteiger partial charge is 0.407 e. The van der Waals surface area contributed by atoms with E-state index < -0.39 is 30.3 Å². The third kappa shape index (κ3) is 8.41. The third-order valence-electron chi connectivity index (χ3n) is 13.5. The fraction of sp³-hybridized carbons (Fsp3) is 0.400. The van der Waals surface area contributed by atoms with Gasteiger partial charge in [0.15, 0.2) is 0 Å². The number of methoxy groups -OCH3 is 3. The molecule has 0 aliphatic carbocycles. The lowest BCUT2D eigenvalue weighted by molar-refractivity contribution is -0.136. The molecular weight excluding hydrogens is 841 g/mol. The molecule has 7 atom stereocenters. The van der Waals surface area contributed by atoms with Gasteiger partial charge in [0, 0.05) is 37.1 Å². The van der Waals surface area contributed by atoms with E-state index in [-0.39, 0.29) is 35.6 Å². The molecule has 16 nitrogen and oxygen atoms in total. The number of ether oxygens (including phenoxy) is 4. The molecule has 4 amide bonds. The Hall–Kier alpha value is -6.94. The first-order valence-electron chi connectivity index (χ1n) is 22.6. The Morgan fingerprint density at radius 2 is 1.61 bits per heavy atom. The van der Waals surface area contributed by atoms with Crippen molar-refractivity contribution in [3.8, 4) is 28.1 Å². The van der Waals surface area contributed by atoms with E-state index in [9.17, 15) is 19.2 Å². The molecule has 2 fully saturated rings. The highest BCUT2D eigenvalue weighted by molar-refractivity contribution is 6.07. The molecule has 16 heteroatoms. The fourth-order valence-electron chi connectivity index (χ4n) is 9.94. The van der Waals surface area contributed by atoms with E-state index in [1.165, 1.54) is 14.2 Å². The second kappa shape index (κ2) is 18.5. The average molecular weight is 897 g/mol. The number of H-pyrrole nitrogens is 2. The highest BCUT2D eigenvalue weighted by atomic mass is 16.5. The zero-order valence-corrected chi connectivity index (χ0v) is 38.1. The molecule has 0 saturated carbocycles. The van der Waals surface area contributed by atoms with Gasteiger partial charge in [0.1, 0.15) is 36.1 Å². The van der Waals surface area contributed by atoms with Crippen LogP contribution in [0, 0.1) is 17.8 Å². The number of imidazole rings is 2. The molecule has 3 aliphatic rings. The molecule has 0 spiro atoms. The molecule has 2 aromatic heterocycles. The molecular formula is C50H56N8O8. The van der Waals surface area contributed by atoms with E-state index in [4.69, 9.17) is 28.9 Å². The van der Waals surface area contributed by atoms with Gasteiger partial charge in [-0.1, -0.05) is 75.7 Å². The van der Waals surface area contributed by atoms with E-state index in [1.807, 2.05) is 61.3 Å². The van der Waals surface area contributed by atoms with Crippen molar-refractivity contribution >= 4 is 45.8 Å². The Balaban J connectivity index is 0.979. The van der Waals surface area contributed by atoms with Crippen LogP contribution in [0.5, 0.6) is 5.75 Å². The van der Waals surface area contributed by atoms with Crippen LogP contribution in [0.4, 0.5) is 9.59 Å². The van der Waals surface area contributed by atoms with Gasteiger partial charge in [-0.05, 0) is 76.6 Å². The molecule has 66 heavy (non-hydrogen) atoms. The van der Waals surface area contributed by atoms with Crippen molar-refractivity contribution in [1.82, 2.24) is 40.4 Å². The molecule has 344 valence electrons. The van der Waals surface area contributed by atoms with Gasteiger partial charge in [-0.3, -0.25) is 9.59 Å². The second-order valence-corrected chi connectivity index (χ2v) is 17.9. The van der Waals surface area contributed by atoms with E-state index in [1.54, 1.807) is 12.0 Å². The molecule has 9 rings (SSSR count). The first-order valence-corrected chi connectivity index (χ1v) is 22.6. The molecule has 0 radical (unpaired) electrons. The molecule has 4 aromatic carbocycles. The van der Waals surface area contributed by atoms with Crippen molar-refractivity contribution in [3.05, 3.63) is 102 Å². The summed E-state index contributed by atoms with van der Waals surface area (Å²) < 4.78 is 21.8. The number of aromatic nitrogens is 4. The quantitative estimate of drug-likeness (QED) is 0.0936. The topological polar surface area (TPSA) is 193 Å². The summed E-state index contributed by atoms with van der Waals surface area (Å²) in [6.45, 7) is 7.91. The molecule has 3 aliphatic heterocycles. The number of benzene rings is 4. The summed E-state index contributed by atoms with van der Waals surface area (Å²) in [6.07, 6.45) is 2.58. The van der Waals surface area contributed by atoms with Crippen molar-refractivity contribution in [1.29, 1.82) is 0 Å². The maximum absolute atomic E-state index is 14.4. The van der Waals surface area contributed by atoms with Crippen molar-refractivity contribution in [3.63, 3.8) is 0 Å². The Labute approximate surface area is 382 Å². The van der Waals surface area contributed by atoms with Crippen LogP contribution in [0.3, 0.4) is 0 Å². The minimum Gasteiger partial charge on any atom is -0.488 e. The number of rotatable bonds is 12. The highest BCUT2D eigenvalue weighted by Crippen LogP contribution is 2.44. The Kier molecular flexibility index (Phi) is 12.4. The molecule has 2 saturated heterocycles. The zero-order chi connectivity index (χ0) is 46.2. The molecule has 6 aromatic rings. The van der Waals surface area contributed by atoms with Gasteiger partial charge in [-0.15, -0.1) is 0 Å². The lowest BCUT2D eigenvalue weighted by Gasteiger charge is -2.30. The number of hydrogen-bond donors (Lipinski definition) is 4. The number of likely N-dealkylation sites (tertiary alicyclic amines) is 2. The van der Waals surface area contributed by atoms with Gasteiger partial charge in [-0.25, -0.2) is 19.6 Å². The zero-order valence-electron chi connectivity index (χ0n) is 38.1. The predicted octanol–water partition coefficient (Wildman–Crippen LogP) is 7.98. The highest BCUT2D eigenvalue weighted by Gasteiger charge is 2.42. The SMILES string of the molecule is CCC(C)[C@H](NC(=O)OC)C(=O)N1C[C@@H](C)CC1c1ncc(-c2ccc3c(c2)COc2cc4c(ccc5nc([C@@H]6C[C@H](COC)CN6C(=O)[C@H](NC(=O)OC)c6ccccc6)[nH]c54)cc2-3)[nH]1. The number of alkyl carbamates (subject to hydrolysis) is 2. The van der Waals surface area contributed by atoms with E-state index in [0.29, 0.717) is 56.4 Å². The summed E-state index contributed by atoms with van der Waals surface area (Å²) in [6, 6.07) is 21.4. The van der Waals surface area contributed by atoms with Crippen molar-refractivity contribution in [2.24, 2.45) is 17.8 Å². The van der Waals surface area contributed by atoms with Crippen LogP contribution >= 0.6 is 0 Å². The summed E-state index contributed by atoms with van der Waals surface area (Å²) >= 11 is 0. The van der Waals surface area contributed by atoms with Crippen LogP contribution in [0.2, 0.25) is 0 Å². The van der Waals surface area contributed by atoms with E-state index in [0.717, 1.165) is 61.9 Å². The van der Waals surface area contributed by atoms with E-state index in [2.05, 4.69) is 63.9 Å². The number of carbonyl (C=O) groups is 4. The summed E-state index contributed by atoms with van der Waals surface area (Å²) in [4.78, 5) is 73.7. The Morgan fingerprint density at radius 1 is 0.848 bits per heavy atom. The van der Waals surface area contributed by atoms with Crippen LogP contribution < -0.4 is 15.4 Å². The number of fused-ring (bicyclic) bond motifs is 6. The lowest BCUT2D eigenvalue weighted by Crippen LogP contribution is -2.51. The van der Waals surface area contributed by atoms with Gasteiger partial charge >= 0.3 is 12.2 Å². The van der Waals surface area contributed by atoms with Crippen molar-refractivity contribution < 1.29 is 38.1 Å². The normalized spacial score (nSPS) is 20.3. The van der Waals surface area contributed by atoms with Crippen molar-refractivity contribution in [2.75, 3.05) is 41.0 Å². The first-order chi connectivity index (χ1) is 32.0. The van der Waals surface area contributed by atoms with Crippen LogP contribution in [-0.2, 0) is 30.4 Å². The van der Waals surface area contributed by atoms with Gasteiger partial charge in [-0.2, -0.15) is 0 Å². The van der Waals surface area contributed by atoms with Crippen LogP contribution in [0.15, 0.2) is 79.0 Å². The Bertz CT molecular complexity index is 2790. The number of hydrogen-bond acceptors (Lipinski definition) is 10. The van der Waals surface area contributed by atoms with Crippen molar-refractivity contribution in [2.45, 2.75) is 70.8 Å². The van der Waals surface area contributed by atoms with Gasteiger partial charge in [0.05, 0.1) is 55.8 Å².